The maximum atomic E-state index is 13.2. The fraction of sp³-hybridized carbons (Fsp3) is 0.130. The normalized spacial score (nSPS) is 11.1. The summed E-state index contributed by atoms with van der Waals surface area (Å²) in [5, 5.41) is 1.01. The summed E-state index contributed by atoms with van der Waals surface area (Å²) in [6, 6.07) is 17.1. The van der Waals surface area contributed by atoms with Crippen LogP contribution in [0.1, 0.15) is 28.8 Å². The summed E-state index contributed by atoms with van der Waals surface area (Å²) in [5.74, 6) is 0.342. The van der Waals surface area contributed by atoms with Crippen molar-refractivity contribution >= 4 is 40.0 Å². The fourth-order valence-electron chi connectivity index (χ4n) is 3.32. The van der Waals surface area contributed by atoms with Crippen LogP contribution in [0.4, 0.5) is 4.39 Å². The van der Waals surface area contributed by atoms with Gasteiger partial charge in [-0.25, -0.2) is 9.37 Å². The molecule has 3 nitrogen and oxygen atoms in total. The lowest BCUT2D eigenvalue weighted by atomic mass is 10.0. The predicted octanol–water partition coefficient (Wildman–Crippen LogP) is 6.88. The Hall–Kier alpha value is -2.69. The van der Waals surface area contributed by atoms with Crippen molar-refractivity contribution < 1.29 is 9.18 Å². The summed E-state index contributed by atoms with van der Waals surface area (Å²) in [5.41, 5.74) is 3.61. The van der Waals surface area contributed by atoms with Crippen molar-refractivity contribution in [3.63, 3.8) is 0 Å². The van der Waals surface area contributed by atoms with Gasteiger partial charge in [0, 0.05) is 12.0 Å². The molecule has 0 atom stereocenters. The van der Waals surface area contributed by atoms with E-state index in [0.717, 1.165) is 16.6 Å². The van der Waals surface area contributed by atoms with E-state index in [4.69, 9.17) is 23.2 Å². The first-order valence-corrected chi connectivity index (χ1v) is 9.98. The molecule has 4 aromatic rings. The highest BCUT2D eigenvalue weighted by Crippen LogP contribution is 2.34. The van der Waals surface area contributed by atoms with Gasteiger partial charge in [-0.05, 0) is 60.9 Å². The third kappa shape index (κ3) is 4.34. The number of carbonyl (C=O) groups is 1. The van der Waals surface area contributed by atoms with Crippen molar-refractivity contribution in [2.24, 2.45) is 0 Å². The second kappa shape index (κ2) is 8.36. The first kappa shape index (κ1) is 19.6. The van der Waals surface area contributed by atoms with Gasteiger partial charge in [-0.15, -0.1) is 0 Å². The molecule has 0 spiro atoms. The Labute approximate surface area is 177 Å². The third-order valence-corrected chi connectivity index (χ3v) is 5.39. The van der Waals surface area contributed by atoms with Gasteiger partial charge in [-0.2, -0.15) is 0 Å². The van der Waals surface area contributed by atoms with Crippen molar-refractivity contribution in [1.29, 1.82) is 0 Å². The topological polar surface area (TPSA) is 45.8 Å². The molecule has 6 heteroatoms. The number of aromatic amines is 1. The van der Waals surface area contributed by atoms with Gasteiger partial charge in [0.1, 0.15) is 11.6 Å². The summed E-state index contributed by atoms with van der Waals surface area (Å²) < 4.78 is 13.2. The van der Waals surface area contributed by atoms with E-state index in [-0.39, 0.29) is 11.6 Å². The van der Waals surface area contributed by atoms with E-state index >= 15 is 0 Å². The highest BCUT2D eigenvalue weighted by molar-refractivity contribution is 6.39. The number of benzene rings is 3. The van der Waals surface area contributed by atoms with E-state index in [1.54, 1.807) is 42.5 Å². The maximum absolute atomic E-state index is 13.2. The molecular formula is C23H17Cl2FN2O. The van der Waals surface area contributed by atoms with Gasteiger partial charge in [0.15, 0.2) is 5.78 Å². The largest absolute Gasteiger partial charge is 0.338 e. The second-order valence-electron chi connectivity index (χ2n) is 6.82. The predicted molar refractivity (Wildman–Crippen MR) is 115 cm³/mol. The summed E-state index contributed by atoms with van der Waals surface area (Å²) in [6.45, 7) is 0. The number of imidazole rings is 1. The zero-order valence-electron chi connectivity index (χ0n) is 15.4. The molecular weight excluding hydrogens is 410 g/mol. The average molecular weight is 427 g/mol. The molecule has 0 saturated carbocycles. The average Bonchev–Trinajstić information content (AvgIpc) is 3.10. The number of halogens is 3. The minimum atomic E-state index is -0.257. The number of nitrogens with zero attached hydrogens (tertiary/aromatic N) is 1. The molecule has 1 aromatic heterocycles. The Morgan fingerprint density at radius 2 is 1.76 bits per heavy atom. The number of aromatic nitrogens is 2. The lowest BCUT2D eigenvalue weighted by Gasteiger charge is -2.03. The van der Waals surface area contributed by atoms with Crippen LogP contribution in [0.2, 0.25) is 10.0 Å². The van der Waals surface area contributed by atoms with E-state index in [1.165, 1.54) is 12.1 Å². The number of Topliss-reactive ketones (excluding diaryl/α,β-unsaturated/α-hetero) is 1. The highest BCUT2D eigenvalue weighted by atomic mass is 35.5. The maximum Gasteiger partial charge on any atom is 0.162 e. The molecule has 29 heavy (non-hydrogen) atoms. The van der Waals surface area contributed by atoms with Crippen LogP contribution in [0.3, 0.4) is 0 Å². The van der Waals surface area contributed by atoms with Crippen LogP contribution in [0, 0.1) is 5.82 Å². The lowest BCUT2D eigenvalue weighted by molar-refractivity contribution is 0.0980. The van der Waals surface area contributed by atoms with Crippen LogP contribution in [0.25, 0.3) is 22.4 Å². The quantitative estimate of drug-likeness (QED) is 0.341. The molecule has 0 fully saturated rings. The fourth-order valence-corrected chi connectivity index (χ4v) is 3.89. The standard InChI is InChI=1S/C23H17Cl2FN2O/c24-17-7-3-8-18(25)22(17)23-27-19-11-10-15(13-20(19)28-23)21(29)9-2-5-14-4-1-6-16(26)12-14/h1,3-4,6-8,10-13H,2,5,9H2,(H,27,28). The van der Waals surface area contributed by atoms with Gasteiger partial charge in [0.25, 0.3) is 0 Å². The molecule has 146 valence electrons. The molecule has 4 rings (SSSR count). The first-order valence-electron chi connectivity index (χ1n) is 9.23. The Balaban J connectivity index is 1.50. The van der Waals surface area contributed by atoms with E-state index in [2.05, 4.69) is 9.97 Å². The van der Waals surface area contributed by atoms with Crippen molar-refractivity contribution in [3.05, 3.63) is 87.7 Å². The molecule has 0 aliphatic heterocycles. The van der Waals surface area contributed by atoms with Gasteiger partial charge in [-0.3, -0.25) is 4.79 Å². The lowest BCUT2D eigenvalue weighted by Crippen LogP contribution is -2.00. The van der Waals surface area contributed by atoms with Crippen LogP contribution >= 0.6 is 23.2 Å². The van der Waals surface area contributed by atoms with Crippen LogP contribution in [0.15, 0.2) is 60.7 Å². The van der Waals surface area contributed by atoms with Crippen molar-refractivity contribution in [1.82, 2.24) is 9.97 Å². The Morgan fingerprint density at radius 1 is 1.00 bits per heavy atom. The highest BCUT2D eigenvalue weighted by Gasteiger charge is 2.14. The summed E-state index contributed by atoms with van der Waals surface area (Å²) in [6.07, 6.45) is 1.70. The molecule has 0 radical (unpaired) electrons. The Bertz CT molecular complexity index is 1180. The Kier molecular flexibility index (Phi) is 5.65. The molecule has 0 aliphatic carbocycles. The van der Waals surface area contributed by atoms with Crippen molar-refractivity contribution in [2.45, 2.75) is 19.3 Å². The first-order chi connectivity index (χ1) is 14.0. The SMILES string of the molecule is O=C(CCCc1cccc(F)c1)c1ccc2nc(-c3c(Cl)cccc3Cl)[nH]c2c1. The van der Waals surface area contributed by atoms with Gasteiger partial charge in [0.05, 0.1) is 26.6 Å². The smallest absolute Gasteiger partial charge is 0.162 e. The summed E-state index contributed by atoms with van der Waals surface area (Å²) in [7, 11) is 0. The van der Waals surface area contributed by atoms with Crippen molar-refractivity contribution in [3.8, 4) is 11.4 Å². The molecule has 0 unspecified atom stereocenters. The zero-order chi connectivity index (χ0) is 20.4. The number of H-pyrrole nitrogens is 1. The molecule has 0 bridgehead atoms. The van der Waals surface area contributed by atoms with Crippen LogP contribution < -0.4 is 0 Å². The van der Waals surface area contributed by atoms with Gasteiger partial charge in [-0.1, -0.05) is 41.4 Å². The summed E-state index contributed by atoms with van der Waals surface area (Å²) in [4.78, 5) is 20.3. The van der Waals surface area contributed by atoms with Gasteiger partial charge in [0.2, 0.25) is 0 Å². The van der Waals surface area contributed by atoms with E-state index in [1.807, 2.05) is 6.07 Å². The summed E-state index contributed by atoms with van der Waals surface area (Å²) >= 11 is 12.5. The number of aryl methyl sites for hydroxylation is 1. The van der Waals surface area contributed by atoms with Gasteiger partial charge >= 0.3 is 0 Å². The molecule has 0 aliphatic rings. The van der Waals surface area contributed by atoms with E-state index < -0.39 is 0 Å². The molecule has 0 amide bonds. The van der Waals surface area contributed by atoms with Crippen LogP contribution in [-0.4, -0.2) is 15.8 Å². The number of fused-ring (bicyclic) bond motifs is 1. The van der Waals surface area contributed by atoms with E-state index in [9.17, 15) is 9.18 Å². The molecule has 3 aromatic carbocycles. The van der Waals surface area contributed by atoms with Crippen molar-refractivity contribution in [2.75, 3.05) is 0 Å². The number of rotatable bonds is 6. The molecule has 0 saturated heterocycles. The number of carbonyl (C=O) groups excluding carboxylic acids is 1. The number of hydrogen-bond donors (Lipinski definition) is 1. The number of ketones is 1. The Morgan fingerprint density at radius 3 is 2.52 bits per heavy atom. The minimum absolute atomic E-state index is 0.0372. The second-order valence-corrected chi connectivity index (χ2v) is 7.64. The van der Waals surface area contributed by atoms with Crippen LogP contribution in [-0.2, 0) is 6.42 Å². The zero-order valence-corrected chi connectivity index (χ0v) is 16.9. The minimum Gasteiger partial charge on any atom is -0.338 e. The van der Waals surface area contributed by atoms with Gasteiger partial charge < -0.3 is 4.98 Å². The molecule has 1 heterocycles. The monoisotopic (exact) mass is 426 g/mol. The third-order valence-electron chi connectivity index (χ3n) is 4.76. The van der Waals surface area contributed by atoms with Crippen LogP contribution in [0.5, 0.6) is 0 Å². The number of nitrogens with one attached hydrogen (secondary N) is 1. The number of hydrogen-bond acceptors (Lipinski definition) is 2. The van der Waals surface area contributed by atoms with E-state index in [0.29, 0.717) is 46.3 Å². The molecule has 1 N–H and O–H groups in total.